The zero-order valence-corrected chi connectivity index (χ0v) is 11.7. The second-order valence-corrected chi connectivity index (χ2v) is 5.30. The summed E-state index contributed by atoms with van der Waals surface area (Å²) in [7, 11) is 0. The summed E-state index contributed by atoms with van der Waals surface area (Å²) in [4.78, 5) is 0. The van der Waals surface area contributed by atoms with Crippen molar-refractivity contribution in [3.8, 4) is 11.8 Å². The van der Waals surface area contributed by atoms with Crippen LogP contribution in [0.2, 0.25) is 0 Å². The zero-order valence-electron chi connectivity index (χ0n) is 11.7. The summed E-state index contributed by atoms with van der Waals surface area (Å²) >= 11 is 0. The first kappa shape index (κ1) is 13.9. The molecule has 0 aromatic heterocycles. The smallest absolute Gasteiger partial charge is 0.174 e. The molecule has 0 amide bonds. The van der Waals surface area contributed by atoms with Crippen molar-refractivity contribution in [1.29, 1.82) is 5.26 Å². The molecule has 19 heavy (non-hydrogen) atoms. The highest BCUT2D eigenvalue weighted by molar-refractivity contribution is 5.29. The second-order valence-electron chi connectivity index (χ2n) is 5.30. The highest BCUT2D eigenvalue weighted by atomic mass is 16.5. The molecule has 1 fully saturated rings. The van der Waals surface area contributed by atoms with Gasteiger partial charge < -0.3 is 10.1 Å². The molecule has 3 heteroatoms. The molecule has 0 aliphatic heterocycles. The Balaban J connectivity index is 1.83. The Hall–Kier alpha value is -1.53. The summed E-state index contributed by atoms with van der Waals surface area (Å²) in [6.45, 7) is 4.55. The maximum absolute atomic E-state index is 8.46. The van der Waals surface area contributed by atoms with Crippen LogP contribution in [0.25, 0.3) is 0 Å². The molecular weight excluding hydrogens is 236 g/mol. The average Bonchev–Trinajstić information content (AvgIpc) is 3.15. The minimum atomic E-state index is 0.105. The van der Waals surface area contributed by atoms with E-state index in [1.54, 1.807) is 0 Å². The van der Waals surface area contributed by atoms with Crippen LogP contribution in [-0.2, 0) is 0 Å². The van der Waals surface area contributed by atoms with Crippen LogP contribution in [0.3, 0.4) is 0 Å². The van der Waals surface area contributed by atoms with Crippen molar-refractivity contribution in [2.45, 2.75) is 45.2 Å². The molecule has 0 bridgehead atoms. The van der Waals surface area contributed by atoms with E-state index in [1.807, 2.05) is 18.2 Å². The van der Waals surface area contributed by atoms with Crippen molar-refractivity contribution in [3.05, 3.63) is 29.8 Å². The van der Waals surface area contributed by atoms with Crippen molar-refractivity contribution in [2.75, 3.05) is 6.61 Å². The molecule has 0 saturated heterocycles. The summed E-state index contributed by atoms with van der Waals surface area (Å²) in [5, 5.41) is 12.1. The molecule has 1 aliphatic rings. The average molecular weight is 258 g/mol. The van der Waals surface area contributed by atoms with E-state index < -0.39 is 0 Å². The van der Waals surface area contributed by atoms with Gasteiger partial charge in [-0.3, -0.25) is 0 Å². The molecule has 0 radical (unpaired) electrons. The molecule has 3 atom stereocenters. The molecule has 1 aromatic carbocycles. The van der Waals surface area contributed by atoms with E-state index in [0.717, 1.165) is 11.7 Å². The van der Waals surface area contributed by atoms with Crippen molar-refractivity contribution < 1.29 is 4.74 Å². The van der Waals surface area contributed by atoms with Crippen molar-refractivity contribution in [2.24, 2.45) is 5.92 Å². The van der Waals surface area contributed by atoms with Gasteiger partial charge in [-0.1, -0.05) is 25.5 Å². The Morgan fingerprint density at radius 3 is 2.79 bits per heavy atom. The Labute approximate surface area is 115 Å². The third-order valence-corrected chi connectivity index (χ3v) is 3.73. The van der Waals surface area contributed by atoms with Gasteiger partial charge in [-0.25, -0.2) is 0 Å². The lowest BCUT2D eigenvalue weighted by molar-refractivity contribution is 0.368. The van der Waals surface area contributed by atoms with Crippen LogP contribution in [-0.4, -0.2) is 12.6 Å². The highest BCUT2D eigenvalue weighted by Crippen LogP contribution is 2.36. The molecule has 3 nitrogen and oxygen atoms in total. The molecule has 2 rings (SSSR count). The van der Waals surface area contributed by atoms with Crippen LogP contribution in [0.5, 0.6) is 5.75 Å². The molecule has 1 saturated carbocycles. The van der Waals surface area contributed by atoms with E-state index in [9.17, 15) is 0 Å². The summed E-state index contributed by atoms with van der Waals surface area (Å²) in [5.74, 6) is 1.64. The standard InChI is InChI=1S/C16H22N2O/c1-3-4-14-11-16(14)18-12(2)13-5-7-15(8-6-13)19-10-9-17/h5-8,12,14,16,18H,3-4,10-11H2,1-2H3. The van der Waals surface area contributed by atoms with Crippen LogP contribution in [0, 0.1) is 17.2 Å². The first-order valence-electron chi connectivity index (χ1n) is 7.10. The van der Waals surface area contributed by atoms with Gasteiger partial charge in [-0.15, -0.1) is 0 Å². The number of rotatable bonds is 7. The van der Waals surface area contributed by atoms with E-state index in [4.69, 9.17) is 10.00 Å². The number of ether oxygens (including phenoxy) is 1. The molecule has 1 N–H and O–H groups in total. The summed E-state index contributed by atoms with van der Waals surface area (Å²) < 4.78 is 5.25. The fourth-order valence-electron chi connectivity index (χ4n) is 2.53. The third-order valence-electron chi connectivity index (χ3n) is 3.73. The number of hydrogen-bond acceptors (Lipinski definition) is 3. The predicted molar refractivity (Wildman–Crippen MR) is 75.9 cm³/mol. The lowest BCUT2D eigenvalue weighted by Gasteiger charge is -2.14. The van der Waals surface area contributed by atoms with Crippen molar-refractivity contribution in [3.63, 3.8) is 0 Å². The summed E-state index contributed by atoms with van der Waals surface area (Å²) in [5.41, 5.74) is 1.27. The number of hydrogen-bond donors (Lipinski definition) is 1. The molecule has 3 unspecified atom stereocenters. The number of nitrogens with one attached hydrogen (secondary N) is 1. The van der Waals surface area contributed by atoms with E-state index in [0.29, 0.717) is 12.1 Å². The molecule has 102 valence electrons. The Morgan fingerprint density at radius 1 is 1.42 bits per heavy atom. The van der Waals surface area contributed by atoms with E-state index >= 15 is 0 Å². The zero-order chi connectivity index (χ0) is 13.7. The topological polar surface area (TPSA) is 45.0 Å². The van der Waals surface area contributed by atoms with Gasteiger partial charge in [0.2, 0.25) is 0 Å². The quantitative estimate of drug-likeness (QED) is 0.815. The van der Waals surface area contributed by atoms with Gasteiger partial charge >= 0.3 is 0 Å². The minimum Gasteiger partial charge on any atom is -0.479 e. The maximum atomic E-state index is 8.46. The van der Waals surface area contributed by atoms with E-state index in [2.05, 4.69) is 31.3 Å². The first-order valence-corrected chi connectivity index (χ1v) is 7.10. The molecule has 1 aromatic rings. The lowest BCUT2D eigenvalue weighted by Crippen LogP contribution is -2.22. The number of benzene rings is 1. The Bertz CT molecular complexity index is 435. The monoisotopic (exact) mass is 258 g/mol. The van der Waals surface area contributed by atoms with Crippen LogP contribution in [0.4, 0.5) is 0 Å². The SMILES string of the molecule is CCCC1CC1NC(C)c1ccc(OCC#N)cc1. The third kappa shape index (κ3) is 3.97. The van der Waals surface area contributed by atoms with E-state index in [1.165, 1.54) is 24.8 Å². The largest absolute Gasteiger partial charge is 0.479 e. The van der Waals surface area contributed by atoms with Crippen LogP contribution < -0.4 is 10.1 Å². The molecule has 0 spiro atoms. The highest BCUT2D eigenvalue weighted by Gasteiger charge is 2.36. The molecule has 1 aliphatic carbocycles. The van der Waals surface area contributed by atoms with Crippen molar-refractivity contribution >= 4 is 0 Å². The van der Waals surface area contributed by atoms with Crippen molar-refractivity contribution in [1.82, 2.24) is 5.32 Å². The minimum absolute atomic E-state index is 0.105. The van der Waals surface area contributed by atoms with Crippen LogP contribution in [0.15, 0.2) is 24.3 Å². The number of nitrogens with zero attached hydrogens (tertiary/aromatic N) is 1. The van der Waals surface area contributed by atoms with Gasteiger partial charge in [0.25, 0.3) is 0 Å². The maximum Gasteiger partial charge on any atom is 0.174 e. The predicted octanol–water partition coefficient (Wildman–Crippen LogP) is 3.43. The molecular formula is C16H22N2O. The van der Waals surface area contributed by atoms with Gasteiger partial charge in [-0.2, -0.15) is 5.26 Å². The summed E-state index contributed by atoms with van der Waals surface area (Å²) in [6, 6.07) is 11.0. The van der Waals surface area contributed by atoms with Crippen LogP contribution in [0.1, 0.15) is 44.7 Å². The Kier molecular flexibility index (Phi) is 4.81. The van der Waals surface area contributed by atoms with Gasteiger partial charge in [0.1, 0.15) is 11.8 Å². The fourth-order valence-corrected chi connectivity index (χ4v) is 2.53. The number of nitriles is 1. The summed E-state index contributed by atoms with van der Waals surface area (Å²) in [6.07, 6.45) is 3.94. The van der Waals surface area contributed by atoms with Gasteiger partial charge in [-0.05, 0) is 43.4 Å². The Morgan fingerprint density at radius 2 is 2.16 bits per heavy atom. The van der Waals surface area contributed by atoms with E-state index in [-0.39, 0.29) is 6.61 Å². The first-order chi connectivity index (χ1) is 9.24. The van der Waals surface area contributed by atoms with Crippen LogP contribution >= 0.6 is 0 Å². The van der Waals surface area contributed by atoms with Gasteiger partial charge in [0, 0.05) is 12.1 Å². The van der Waals surface area contributed by atoms with Gasteiger partial charge in [0.15, 0.2) is 6.61 Å². The molecule has 0 heterocycles. The lowest BCUT2D eigenvalue weighted by atomic mass is 10.1. The second kappa shape index (κ2) is 6.58. The van der Waals surface area contributed by atoms with Gasteiger partial charge in [0.05, 0.1) is 0 Å². The fraction of sp³-hybridized carbons (Fsp3) is 0.562. The normalized spacial score (nSPS) is 22.6.